The fourth-order valence-electron chi connectivity index (χ4n) is 8.30. The minimum absolute atomic E-state index is 0.00206. The molecule has 52 heavy (non-hydrogen) atoms. The van der Waals surface area contributed by atoms with Crippen LogP contribution in [0.3, 0.4) is 0 Å². The van der Waals surface area contributed by atoms with Gasteiger partial charge in [-0.05, 0) is 95.9 Å². The van der Waals surface area contributed by atoms with Gasteiger partial charge in [0.2, 0.25) is 0 Å². The van der Waals surface area contributed by atoms with Crippen molar-refractivity contribution in [1.82, 2.24) is 0 Å². The van der Waals surface area contributed by atoms with Crippen LogP contribution >= 0.6 is 11.3 Å². The molecule has 4 nitrogen and oxygen atoms in total. The maximum atomic E-state index is 6.11. The van der Waals surface area contributed by atoms with Crippen molar-refractivity contribution in [3.8, 4) is 0 Å². The SMILES string of the molecule is c1ccc(N(c2ccccc2)c2cc3c4c(c2)N(c2ccccc2)c2c(sc5ccccc25)B4c2cc4occc4cc2N3c2ccccc2)cc1. The molecule has 0 bridgehead atoms. The molecule has 244 valence electrons. The number of benzene rings is 7. The number of fused-ring (bicyclic) bond motifs is 7. The Labute approximate surface area is 306 Å². The van der Waals surface area contributed by atoms with Crippen molar-refractivity contribution in [2.24, 2.45) is 0 Å². The van der Waals surface area contributed by atoms with Crippen molar-refractivity contribution in [2.45, 2.75) is 0 Å². The topological polar surface area (TPSA) is 22.9 Å². The predicted molar refractivity (Wildman–Crippen MR) is 220 cm³/mol. The molecule has 11 rings (SSSR count). The molecule has 0 radical (unpaired) electrons. The molecule has 0 aliphatic carbocycles. The van der Waals surface area contributed by atoms with Crippen LogP contribution in [-0.2, 0) is 0 Å². The van der Waals surface area contributed by atoms with Crippen LogP contribution < -0.4 is 30.4 Å². The van der Waals surface area contributed by atoms with Crippen LogP contribution in [0.2, 0.25) is 0 Å². The average molecular weight is 684 g/mol. The van der Waals surface area contributed by atoms with Gasteiger partial charge in [0.1, 0.15) is 5.58 Å². The van der Waals surface area contributed by atoms with Gasteiger partial charge < -0.3 is 19.1 Å². The summed E-state index contributed by atoms with van der Waals surface area (Å²) in [6.07, 6.45) is 1.81. The molecule has 0 saturated carbocycles. The quantitative estimate of drug-likeness (QED) is 0.168. The first kappa shape index (κ1) is 29.3. The minimum atomic E-state index is -0.00206. The molecule has 9 aromatic rings. The van der Waals surface area contributed by atoms with Crippen LogP contribution in [0.5, 0.6) is 0 Å². The highest BCUT2D eigenvalue weighted by Crippen LogP contribution is 2.50. The van der Waals surface area contributed by atoms with Crippen LogP contribution in [0.1, 0.15) is 0 Å². The first-order chi connectivity index (χ1) is 25.8. The van der Waals surface area contributed by atoms with Crippen molar-refractivity contribution in [1.29, 1.82) is 0 Å². The Morgan fingerprint density at radius 2 is 1.10 bits per heavy atom. The standard InChI is InChI=1S/C46H30BN3OS/c1-5-15-32(16-6-1)48(33-17-7-2-8-18-33)36-28-40-44-41(29-36)50(35-21-11-4-12-22-35)45-37-23-13-14-24-43(37)52-46(45)47(44)38-30-42-31(25-26-51-42)27-39(38)49(40)34-19-9-3-10-20-34/h1-30H. The smallest absolute Gasteiger partial charge is 0.264 e. The first-order valence-electron chi connectivity index (χ1n) is 17.6. The maximum Gasteiger partial charge on any atom is 0.264 e. The summed E-state index contributed by atoms with van der Waals surface area (Å²) in [6.45, 7) is -0.00206. The van der Waals surface area contributed by atoms with E-state index < -0.39 is 0 Å². The van der Waals surface area contributed by atoms with Crippen molar-refractivity contribution in [2.75, 3.05) is 14.7 Å². The number of para-hydroxylation sites is 4. The van der Waals surface area contributed by atoms with Gasteiger partial charge in [-0.15, -0.1) is 11.3 Å². The van der Waals surface area contributed by atoms with E-state index in [9.17, 15) is 0 Å². The van der Waals surface area contributed by atoms with E-state index in [2.05, 4.69) is 191 Å². The second kappa shape index (κ2) is 11.5. The van der Waals surface area contributed by atoms with E-state index in [1.807, 2.05) is 11.3 Å². The summed E-state index contributed by atoms with van der Waals surface area (Å²) in [6, 6.07) is 63.4. The summed E-state index contributed by atoms with van der Waals surface area (Å²) < 4.78 is 8.73. The number of hydrogen-bond donors (Lipinski definition) is 0. The molecule has 0 atom stereocenters. The van der Waals surface area contributed by atoms with Crippen molar-refractivity contribution in [3.05, 3.63) is 182 Å². The third-order valence-electron chi connectivity index (χ3n) is 10.4. The van der Waals surface area contributed by atoms with Gasteiger partial charge in [0.15, 0.2) is 0 Å². The first-order valence-corrected chi connectivity index (χ1v) is 18.4. The molecule has 2 aliphatic rings. The van der Waals surface area contributed by atoms with Crippen LogP contribution in [0.4, 0.5) is 51.2 Å². The molecule has 0 saturated heterocycles. The van der Waals surface area contributed by atoms with E-state index in [-0.39, 0.29) is 6.71 Å². The third kappa shape index (κ3) is 4.34. The molecule has 7 aromatic carbocycles. The van der Waals surface area contributed by atoms with Gasteiger partial charge >= 0.3 is 0 Å². The third-order valence-corrected chi connectivity index (χ3v) is 11.7. The lowest BCUT2D eigenvalue weighted by Crippen LogP contribution is -2.60. The van der Waals surface area contributed by atoms with Gasteiger partial charge in [0, 0.05) is 60.1 Å². The number of furan rings is 1. The fourth-order valence-corrected chi connectivity index (χ4v) is 9.62. The van der Waals surface area contributed by atoms with Crippen LogP contribution in [0.25, 0.3) is 21.1 Å². The van der Waals surface area contributed by atoms with Gasteiger partial charge in [-0.25, -0.2) is 0 Å². The molecule has 0 spiro atoms. The van der Waals surface area contributed by atoms with Gasteiger partial charge in [-0.3, -0.25) is 0 Å². The van der Waals surface area contributed by atoms with Crippen molar-refractivity contribution < 1.29 is 4.42 Å². The van der Waals surface area contributed by atoms with E-state index in [0.717, 1.165) is 39.4 Å². The van der Waals surface area contributed by atoms with Crippen LogP contribution in [0.15, 0.2) is 187 Å². The molecule has 2 aliphatic heterocycles. The Hall–Kier alpha value is -6.50. The summed E-state index contributed by atoms with van der Waals surface area (Å²) in [5.74, 6) is 0. The summed E-state index contributed by atoms with van der Waals surface area (Å²) in [7, 11) is 0. The van der Waals surface area contributed by atoms with Crippen LogP contribution in [-0.4, -0.2) is 6.71 Å². The second-order valence-electron chi connectivity index (χ2n) is 13.4. The van der Waals surface area contributed by atoms with E-state index in [4.69, 9.17) is 4.42 Å². The summed E-state index contributed by atoms with van der Waals surface area (Å²) in [4.78, 5) is 7.37. The Morgan fingerprint density at radius 3 is 1.77 bits per heavy atom. The van der Waals surface area contributed by atoms with Crippen molar-refractivity contribution >= 4 is 106 Å². The largest absolute Gasteiger partial charge is 0.464 e. The van der Waals surface area contributed by atoms with Crippen LogP contribution in [0, 0.1) is 0 Å². The lowest BCUT2D eigenvalue weighted by Gasteiger charge is -2.44. The lowest BCUT2D eigenvalue weighted by atomic mass is 9.36. The van der Waals surface area contributed by atoms with E-state index in [0.29, 0.717) is 0 Å². The average Bonchev–Trinajstić information content (AvgIpc) is 3.83. The number of anilines is 9. The second-order valence-corrected chi connectivity index (χ2v) is 14.4. The zero-order valence-electron chi connectivity index (χ0n) is 28.1. The zero-order chi connectivity index (χ0) is 34.2. The molecule has 2 aromatic heterocycles. The molecular formula is C46H30BN3OS. The number of nitrogens with zero attached hydrogens (tertiary/aromatic N) is 3. The van der Waals surface area contributed by atoms with Gasteiger partial charge in [0.05, 0.1) is 17.6 Å². The van der Waals surface area contributed by atoms with E-state index >= 15 is 0 Å². The highest BCUT2D eigenvalue weighted by Gasteiger charge is 2.46. The summed E-state index contributed by atoms with van der Waals surface area (Å²) >= 11 is 1.91. The van der Waals surface area contributed by atoms with Gasteiger partial charge in [-0.1, -0.05) is 91.0 Å². The number of rotatable bonds is 5. The highest BCUT2D eigenvalue weighted by molar-refractivity contribution is 7.33. The molecule has 0 fully saturated rings. The maximum absolute atomic E-state index is 6.11. The Kier molecular flexibility index (Phi) is 6.48. The predicted octanol–water partition coefficient (Wildman–Crippen LogP) is 11.2. The monoisotopic (exact) mass is 683 g/mol. The van der Waals surface area contributed by atoms with Gasteiger partial charge in [-0.2, -0.15) is 0 Å². The van der Waals surface area contributed by atoms with Crippen molar-refractivity contribution in [3.63, 3.8) is 0 Å². The molecule has 4 heterocycles. The Morgan fingerprint density at radius 1 is 0.519 bits per heavy atom. The molecular weight excluding hydrogens is 653 g/mol. The number of thiophene rings is 1. The lowest BCUT2D eigenvalue weighted by molar-refractivity contribution is 0.616. The molecule has 0 amide bonds. The van der Waals surface area contributed by atoms with E-state index in [1.165, 1.54) is 48.5 Å². The summed E-state index contributed by atoms with van der Waals surface area (Å²) in [5.41, 5.74) is 13.7. The van der Waals surface area contributed by atoms with E-state index in [1.54, 1.807) is 6.26 Å². The van der Waals surface area contributed by atoms with Gasteiger partial charge in [0.25, 0.3) is 6.71 Å². The zero-order valence-corrected chi connectivity index (χ0v) is 28.9. The Balaban J connectivity index is 1.31. The fraction of sp³-hybridized carbons (Fsp3) is 0. The molecule has 0 N–H and O–H groups in total. The summed E-state index contributed by atoms with van der Waals surface area (Å²) in [5, 5.41) is 2.35. The molecule has 6 heteroatoms. The number of hydrogen-bond acceptors (Lipinski definition) is 5. The Bertz CT molecular complexity index is 2720. The minimum Gasteiger partial charge on any atom is -0.464 e. The highest BCUT2D eigenvalue weighted by atomic mass is 32.1. The normalized spacial score (nSPS) is 12.9. The molecule has 0 unspecified atom stereocenters.